The summed E-state index contributed by atoms with van der Waals surface area (Å²) >= 11 is 0. The van der Waals surface area contributed by atoms with E-state index < -0.39 is 10.0 Å². The first-order valence-corrected chi connectivity index (χ1v) is 9.81. The fraction of sp³-hybridized carbons (Fsp3) is 0.333. The molecule has 0 amide bonds. The summed E-state index contributed by atoms with van der Waals surface area (Å²) in [6.45, 7) is 3.96. The van der Waals surface area contributed by atoms with Crippen molar-refractivity contribution >= 4 is 15.5 Å². The maximum Gasteiger partial charge on any atom is 0.247 e. The first-order valence-electron chi connectivity index (χ1n) is 8.37. The van der Waals surface area contributed by atoms with E-state index in [1.54, 1.807) is 22.6 Å². The molecule has 0 spiro atoms. The van der Waals surface area contributed by atoms with Gasteiger partial charge in [0.05, 0.1) is 6.20 Å². The highest BCUT2D eigenvalue weighted by molar-refractivity contribution is 7.89. The third-order valence-electron chi connectivity index (χ3n) is 5.06. The number of fused-ring (bicyclic) bond motifs is 1. The molecule has 3 aromatic rings. The molecule has 3 heterocycles. The number of nitrogens with zero attached hydrogens (tertiary/aromatic N) is 4. The molecule has 1 saturated heterocycles. The molecule has 4 rings (SSSR count). The number of hydrogen-bond donors (Lipinski definition) is 0. The average Bonchev–Trinajstić information content (AvgIpc) is 3.17. The van der Waals surface area contributed by atoms with Crippen LogP contribution in [0.2, 0.25) is 0 Å². The molecule has 1 aliphatic heterocycles. The van der Waals surface area contributed by atoms with Crippen molar-refractivity contribution in [3.05, 3.63) is 60.4 Å². The van der Waals surface area contributed by atoms with Crippen molar-refractivity contribution in [1.82, 2.24) is 19.1 Å². The summed E-state index contributed by atoms with van der Waals surface area (Å²) in [5.41, 5.74) is 1.69. The zero-order valence-electron chi connectivity index (χ0n) is 14.1. The first-order chi connectivity index (χ1) is 12.0. The van der Waals surface area contributed by atoms with Gasteiger partial charge >= 0.3 is 0 Å². The van der Waals surface area contributed by atoms with Crippen molar-refractivity contribution in [1.29, 1.82) is 0 Å². The van der Waals surface area contributed by atoms with E-state index >= 15 is 0 Å². The second-order valence-electron chi connectivity index (χ2n) is 6.58. The Morgan fingerprint density at radius 3 is 2.56 bits per heavy atom. The highest BCUT2D eigenvalue weighted by Gasteiger charge is 2.45. The molecule has 1 aromatic carbocycles. The molecule has 25 heavy (non-hydrogen) atoms. The zero-order chi connectivity index (χ0) is 17.6. The average molecular weight is 356 g/mol. The molecule has 3 atom stereocenters. The van der Waals surface area contributed by atoms with E-state index in [0.29, 0.717) is 5.52 Å². The second-order valence-corrected chi connectivity index (χ2v) is 8.40. The first kappa shape index (κ1) is 16.2. The summed E-state index contributed by atoms with van der Waals surface area (Å²) in [6.07, 6.45) is 3.79. The Kier molecular flexibility index (Phi) is 3.85. The summed E-state index contributed by atoms with van der Waals surface area (Å²) in [6, 6.07) is 13.4. The van der Waals surface area contributed by atoms with Crippen LogP contribution in [0, 0.1) is 0 Å². The molecule has 2 aromatic heterocycles. The van der Waals surface area contributed by atoms with Crippen molar-refractivity contribution in [2.75, 3.05) is 0 Å². The summed E-state index contributed by atoms with van der Waals surface area (Å²) in [7, 11) is -3.65. The maximum absolute atomic E-state index is 13.4. The highest BCUT2D eigenvalue weighted by atomic mass is 32.2. The third-order valence-corrected chi connectivity index (χ3v) is 7.18. The fourth-order valence-electron chi connectivity index (χ4n) is 3.94. The van der Waals surface area contributed by atoms with Gasteiger partial charge in [-0.1, -0.05) is 30.3 Å². The lowest BCUT2D eigenvalue weighted by molar-refractivity contribution is 0.344. The van der Waals surface area contributed by atoms with Gasteiger partial charge in [0.2, 0.25) is 10.0 Å². The van der Waals surface area contributed by atoms with Crippen molar-refractivity contribution in [3.8, 4) is 0 Å². The van der Waals surface area contributed by atoms with E-state index in [2.05, 4.69) is 22.3 Å². The fourth-order valence-corrected chi connectivity index (χ4v) is 5.91. The van der Waals surface area contributed by atoms with Gasteiger partial charge in [-0.15, -0.1) is 0 Å². The topological polar surface area (TPSA) is 67.6 Å². The number of hydrogen-bond acceptors (Lipinski definition) is 4. The minimum atomic E-state index is -3.65. The van der Waals surface area contributed by atoms with E-state index in [1.807, 2.05) is 32.0 Å². The van der Waals surface area contributed by atoms with Crippen LogP contribution >= 0.6 is 0 Å². The van der Waals surface area contributed by atoms with E-state index in [1.165, 1.54) is 16.4 Å². The van der Waals surface area contributed by atoms with Gasteiger partial charge in [-0.25, -0.2) is 8.42 Å². The molecule has 0 aliphatic carbocycles. The Morgan fingerprint density at radius 2 is 1.80 bits per heavy atom. The van der Waals surface area contributed by atoms with Crippen LogP contribution in [0.4, 0.5) is 0 Å². The molecule has 7 heteroatoms. The van der Waals surface area contributed by atoms with Crippen LogP contribution < -0.4 is 0 Å². The molecular formula is C18H20N4O2S. The van der Waals surface area contributed by atoms with Crippen molar-refractivity contribution < 1.29 is 8.42 Å². The Bertz CT molecular complexity index is 1000. The normalized spacial score (nSPS) is 24.8. The van der Waals surface area contributed by atoms with Gasteiger partial charge in [0.15, 0.2) is 0 Å². The smallest absolute Gasteiger partial charge is 0.207 e. The molecule has 0 bridgehead atoms. The largest absolute Gasteiger partial charge is 0.247 e. The number of aromatic nitrogens is 3. The van der Waals surface area contributed by atoms with Gasteiger partial charge in [0, 0.05) is 24.2 Å². The predicted octanol–water partition coefficient (Wildman–Crippen LogP) is 2.68. The van der Waals surface area contributed by atoms with Crippen LogP contribution in [0.5, 0.6) is 0 Å². The number of benzene rings is 1. The van der Waals surface area contributed by atoms with Crippen molar-refractivity contribution in [2.24, 2.45) is 0 Å². The van der Waals surface area contributed by atoms with E-state index in [0.717, 1.165) is 6.42 Å². The van der Waals surface area contributed by atoms with Crippen molar-refractivity contribution in [3.63, 3.8) is 0 Å². The Morgan fingerprint density at radius 1 is 1.04 bits per heavy atom. The van der Waals surface area contributed by atoms with Crippen molar-refractivity contribution in [2.45, 2.75) is 43.2 Å². The van der Waals surface area contributed by atoms with Gasteiger partial charge < -0.3 is 0 Å². The van der Waals surface area contributed by atoms with Gasteiger partial charge in [-0.05, 0) is 38.0 Å². The van der Waals surface area contributed by atoms with Gasteiger partial charge in [-0.2, -0.15) is 19.1 Å². The lowest BCUT2D eigenvalue weighted by Gasteiger charge is -2.26. The molecule has 130 valence electrons. The van der Waals surface area contributed by atoms with Crippen LogP contribution in [0.25, 0.3) is 5.52 Å². The van der Waals surface area contributed by atoms with Gasteiger partial charge in [0.1, 0.15) is 10.4 Å². The Hall–Kier alpha value is -2.25. The van der Waals surface area contributed by atoms with Crippen LogP contribution in [-0.2, 0) is 10.0 Å². The Balaban J connectivity index is 1.75. The van der Waals surface area contributed by atoms with Crippen LogP contribution in [0.15, 0.2) is 59.8 Å². The standard InChI is InChI=1S/C18H20N4O2S/c1-13-11-16(15-7-4-3-5-8-15)14(2)21(13)25(23,24)18-12-20-22-17(18)9-6-10-19-22/h3-10,12-14,16H,11H2,1-2H3. The summed E-state index contributed by atoms with van der Waals surface area (Å²) in [4.78, 5) is 0.216. The molecular weight excluding hydrogens is 336 g/mol. The lowest BCUT2D eigenvalue weighted by atomic mass is 9.92. The minimum absolute atomic E-state index is 0.0724. The molecule has 0 N–H and O–H groups in total. The summed E-state index contributed by atoms with van der Waals surface area (Å²) in [5.74, 6) is 0.186. The third kappa shape index (κ3) is 2.54. The lowest BCUT2D eigenvalue weighted by Crippen LogP contribution is -2.39. The molecule has 6 nitrogen and oxygen atoms in total. The number of rotatable bonds is 3. The highest BCUT2D eigenvalue weighted by Crippen LogP contribution is 2.40. The van der Waals surface area contributed by atoms with Gasteiger partial charge in [0.25, 0.3) is 0 Å². The summed E-state index contributed by atoms with van der Waals surface area (Å²) in [5, 5.41) is 8.15. The number of sulfonamides is 1. The monoisotopic (exact) mass is 356 g/mol. The predicted molar refractivity (Wildman–Crippen MR) is 94.7 cm³/mol. The Labute approximate surface area is 147 Å². The summed E-state index contributed by atoms with van der Waals surface area (Å²) < 4.78 is 29.7. The molecule has 1 fully saturated rings. The van der Waals surface area contributed by atoms with Gasteiger partial charge in [-0.3, -0.25) is 0 Å². The van der Waals surface area contributed by atoms with E-state index in [-0.39, 0.29) is 22.9 Å². The molecule has 3 unspecified atom stereocenters. The van der Waals surface area contributed by atoms with Crippen LogP contribution in [0.1, 0.15) is 31.7 Å². The maximum atomic E-state index is 13.4. The van der Waals surface area contributed by atoms with Crippen LogP contribution in [-0.4, -0.2) is 39.6 Å². The molecule has 1 aliphatic rings. The molecule has 0 saturated carbocycles. The zero-order valence-corrected chi connectivity index (χ0v) is 15.0. The second kappa shape index (κ2) is 5.93. The van der Waals surface area contributed by atoms with E-state index in [9.17, 15) is 8.42 Å². The molecule has 0 radical (unpaired) electrons. The minimum Gasteiger partial charge on any atom is -0.207 e. The SMILES string of the molecule is CC1CC(c2ccccc2)C(C)N1S(=O)(=O)c1cnn2ncccc12. The van der Waals surface area contributed by atoms with Crippen LogP contribution in [0.3, 0.4) is 0 Å². The van der Waals surface area contributed by atoms with E-state index in [4.69, 9.17) is 0 Å². The quantitative estimate of drug-likeness (QED) is 0.724.